The van der Waals surface area contributed by atoms with Gasteiger partial charge in [-0.25, -0.2) is 0 Å². The Morgan fingerprint density at radius 3 is 2.50 bits per heavy atom. The zero-order valence-electron chi connectivity index (χ0n) is 13.6. The summed E-state index contributed by atoms with van der Waals surface area (Å²) >= 11 is 0. The molecule has 0 spiro atoms. The van der Waals surface area contributed by atoms with Gasteiger partial charge in [-0.2, -0.15) is 0 Å². The maximum atomic E-state index is 12.6. The van der Waals surface area contributed by atoms with Crippen LogP contribution < -0.4 is 16.0 Å². The number of halogens is 1. The summed E-state index contributed by atoms with van der Waals surface area (Å²) in [5.41, 5.74) is -0.658. The van der Waals surface area contributed by atoms with Crippen LogP contribution in [0.2, 0.25) is 0 Å². The molecule has 2 fully saturated rings. The molecule has 1 heterocycles. The Labute approximate surface area is 139 Å². The molecule has 2 aliphatic rings. The van der Waals surface area contributed by atoms with Crippen molar-refractivity contribution < 1.29 is 9.59 Å². The Hall–Kier alpha value is -0.810. The predicted molar refractivity (Wildman–Crippen MR) is 90.1 cm³/mol. The minimum Gasteiger partial charge on any atom is -0.354 e. The maximum Gasteiger partial charge on any atom is 0.245 e. The molecule has 1 saturated carbocycles. The van der Waals surface area contributed by atoms with Crippen LogP contribution in [-0.4, -0.2) is 37.0 Å². The zero-order valence-corrected chi connectivity index (χ0v) is 14.4. The van der Waals surface area contributed by atoms with Gasteiger partial charge in [0.05, 0.1) is 0 Å². The van der Waals surface area contributed by atoms with Crippen LogP contribution in [0.3, 0.4) is 0 Å². The second-order valence-electron chi connectivity index (χ2n) is 6.58. The highest BCUT2D eigenvalue weighted by atomic mass is 35.5. The van der Waals surface area contributed by atoms with Gasteiger partial charge in [0.25, 0.3) is 0 Å². The molecule has 0 aromatic carbocycles. The molecule has 0 aromatic rings. The van der Waals surface area contributed by atoms with Crippen LogP contribution in [0, 0.1) is 5.92 Å². The van der Waals surface area contributed by atoms with Gasteiger partial charge < -0.3 is 16.0 Å². The lowest BCUT2D eigenvalue weighted by atomic mass is 9.80. The molecular formula is C16H30ClN3O2. The van der Waals surface area contributed by atoms with Crippen LogP contribution in [0.15, 0.2) is 0 Å². The Kier molecular flexibility index (Phi) is 8.18. The van der Waals surface area contributed by atoms with Crippen molar-refractivity contribution in [2.75, 3.05) is 19.6 Å². The second-order valence-corrected chi connectivity index (χ2v) is 6.58. The third-order valence-electron chi connectivity index (χ3n) is 4.79. The lowest BCUT2D eigenvalue weighted by Gasteiger charge is -2.36. The molecule has 0 radical (unpaired) electrons. The molecule has 6 heteroatoms. The molecule has 0 aromatic heterocycles. The van der Waals surface area contributed by atoms with Gasteiger partial charge in [-0.1, -0.05) is 19.3 Å². The fourth-order valence-corrected chi connectivity index (χ4v) is 3.63. The standard InChI is InChI=1S/C16H29N3O2.ClH/c1-13(20)19-16(8-3-2-4-9-16)15(21)18-11-7-14-6-5-10-17-12-14;/h14,17H,2-12H2,1H3,(H,18,21)(H,19,20);1H. The molecule has 128 valence electrons. The van der Waals surface area contributed by atoms with E-state index in [1.54, 1.807) is 0 Å². The van der Waals surface area contributed by atoms with Gasteiger partial charge in [0.2, 0.25) is 11.8 Å². The van der Waals surface area contributed by atoms with Gasteiger partial charge in [0.1, 0.15) is 5.54 Å². The number of nitrogens with one attached hydrogen (secondary N) is 3. The molecule has 1 unspecified atom stereocenters. The smallest absolute Gasteiger partial charge is 0.245 e. The monoisotopic (exact) mass is 331 g/mol. The van der Waals surface area contributed by atoms with Crippen molar-refractivity contribution in [3.63, 3.8) is 0 Å². The van der Waals surface area contributed by atoms with Crippen molar-refractivity contribution in [1.29, 1.82) is 0 Å². The number of hydrogen-bond acceptors (Lipinski definition) is 3. The van der Waals surface area contributed by atoms with Crippen molar-refractivity contribution in [1.82, 2.24) is 16.0 Å². The van der Waals surface area contributed by atoms with Crippen molar-refractivity contribution in [2.24, 2.45) is 5.92 Å². The Morgan fingerprint density at radius 2 is 1.91 bits per heavy atom. The largest absolute Gasteiger partial charge is 0.354 e. The van der Waals surface area contributed by atoms with Gasteiger partial charge >= 0.3 is 0 Å². The number of carbonyl (C=O) groups is 2. The summed E-state index contributed by atoms with van der Waals surface area (Å²) in [6, 6.07) is 0. The van der Waals surface area contributed by atoms with E-state index in [-0.39, 0.29) is 24.2 Å². The van der Waals surface area contributed by atoms with Crippen molar-refractivity contribution in [3.05, 3.63) is 0 Å². The number of hydrogen-bond donors (Lipinski definition) is 3. The average molecular weight is 332 g/mol. The Morgan fingerprint density at radius 1 is 1.18 bits per heavy atom. The molecule has 2 rings (SSSR count). The van der Waals surface area contributed by atoms with Crippen LogP contribution in [0.25, 0.3) is 0 Å². The summed E-state index contributed by atoms with van der Waals surface area (Å²) in [5, 5.41) is 9.38. The van der Waals surface area contributed by atoms with Gasteiger partial charge in [-0.05, 0) is 51.1 Å². The van der Waals surface area contributed by atoms with E-state index >= 15 is 0 Å². The third kappa shape index (κ3) is 5.43. The lowest BCUT2D eigenvalue weighted by Crippen LogP contribution is -2.59. The fraction of sp³-hybridized carbons (Fsp3) is 0.875. The summed E-state index contributed by atoms with van der Waals surface area (Å²) in [6.45, 7) is 4.39. The van der Waals surface area contributed by atoms with Gasteiger partial charge in [-0.3, -0.25) is 9.59 Å². The first kappa shape index (κ1) is 19.2. The average Bonchev–Trinajstić information content (AvgIpc) is 2.48. The zero-order chi connectivity index (χ0) is 15.1. The molecule has 5 nitrogen and oxygen atoms in total. The molecule has 0 bridgehead atoms. The molecule has 22 heavy (non-hydrogen) atoms. The van der Waals surface area contributed by atoms with Crippen LogP contribution in [0.4, 0.5) is 0 Å². The third-order valence-corrected chi connectivity index (χ3v) is 4.79. The predicted octanol–water partition coefficient (Wildman–Crippen LogP) is 1.75. The van der Waals surface area contributed by atoms with E-state index in [2.05, 4.69) is 16.0 Å². The number of piperidine rings is 1. The van der Waals surface area contributed by atoms with E-state index in [0.29, 0.717) is 12.5 Å². The quantitative estimate of drug-likeness (QED) is 0.719. The van der Waals surface area contributed by atoms with Crippen LogP contribution in [0.1, 0.15) is 58.3 Å². The normalized spacial score (nSPS) is 24.0. The molecular weight excluding hydrogens is 302 g/mol. The topological polar surface area (TPSA) is 70.2 Å². The van der Waals surface area contributed by atoms with Gasteiger partial charge in [0.15, 0.2) is 0 Å². The first-order valence-electron chi connectivity index (χ1n) is 8.40. The summed E-state index contributed by atoms with van der Waals surface area (Å²) < 4.78 is 0. The van der Waals surface area contributed by atoms with E-state index in [9.17, 15) is 9.59 Å². The Balaban J connectivity index is 0.00000242. The fourth-order valence-electron chi connectivity index (χ4n) is 3.63. The molecule has 2 amide bonds. The highest BCUT2D eigenvalue weighted by Gasteiger charge is 2.39. The van der Waals surface area contributed by atoms with E-state index in [1.807, 2.05) is 0 Å². The van der Waals surface area contributed by atoms with Crippen molar-refractivity contribution in [2.45, 2.75) is 63.8 Å². The molecule has 1 atom stereocenters. The summed E-state index contributed by atoms with van der Waals surface area (Å²) in [5.74, 6) is 0.576. The van der Waals surface area contributed by atoms with E-state index in [1.165, 1.54) is 19.8 Å². The van der Waals surface area contributed by atoms with Gasteiger partial charge in [-0.15, -0.1) is 12.4 Å². The SMILES string of the molecule is CC(=O)NC1(C(=O)NCCC2CCCNC2)CCCCC1.Cl. The minimum atomic E-state index is -0.658. The van der Waals surface area contributed by atoms with Crippen LogP contribution in [0.5, 0.6) is 0 Å². The summed E-state index contributed by atoms with van der Waals surface area (Å²) in [6.07, 6.45) is 8.22. The van der Waals surface area contributed by atoms with E-state index < -0.39 is 5.54 Å². The first-order chi connectivity index (χ1) is 10.1. The molecule has 3 N–H and O–H groups in total. The Bertz CT molecular complexity index is 364. The second kappa shape index (κ2) is 9.36. The molecule has 1 saturated heterocycles. The summed E-state index contributed by atoms with van der Waals surface area (Å²) in [4.78, 5) is 24.0. The molecule has 1 aliphatic carbocycles. The van der Waals surface area contributed by atoms with Gasteiger partial charge in [0, 0.05) is 13.5 Å². The number of amides is 2. The highest BCUT2D eigenvalue weighted by Crippen LogP contribution is 2.28. The first-order valence-corrected chi connectivity index (χ1v) is 8.40. The maximum absolute atomic E-state index is 12.6. The van der Waals surface area contributed by atoms with E-state index in [0.717, 1.165) is 51.6 Å². The highest BCUT2D eigenvalue weighted by molar-refractivity contribution is 5.91. The lowest BCUT2D eigenvalue weighted by molar-refractivity contribution is -0.134. The van der Waals surface area contributed by atoms with Crippen LogP contribution >= 0.6 is 12.4 Å². The van der Waals surface area contributed by atoms with Crippen LogP contribution in [-0.2, 0) is 9.59 Å². The minimum absolute atomic E-state index is 0. The van der Waals surface area contributed by atoms with Crippen molar-refractivity contribution in [3.8, 4) is 0 Å². The number of carbonyl (C=O) groups excluding carboxylic acids is 2. The molecule has 1 aliphatic heterocycles. The van der Waals surface area contributed by atoms with Crippen molar-refractivity contribution >= 4 is 24.2 Å². The number of rotatable bonds is 5. The summed E-state index contributed by atoms with van der Waals surface area (Å²) in [7, 11) is 0. The van der Waals surface area contributed by atoms with E-state index in [4.69, 9.17) is 0 Å².